The summed E-state index contributed by atoms with van der Waals surface area (Å²) in [5.74, 6) is 0. The van der Waals surface area contributed by atoms with Gasteiger partial charge in [0, 0.05) is 41.7 Å². The molecule has 0 atom stereocenters. The summed E-state index contributed by atoms with van der Waals surface area (Å²) in [5, 5.41) is 2.23. The van der Waals surface area contributed by atoms with Gasteiger partial charge in [-0.3, -0.25) is 9.59 Å². The SMILES string of the molecule is Cc1c2c(=O)c3cc(F)sc3c2c(C)c2c(=O)c3cc(F)sc3c12. The molecule has 0 saturated heterocycles. The zero-order valence-corrected chi connectivity index (χ0v) is 14.2. The largest absolute Gasteiger partial charge is 0.289 e. The van der Waals surface area contributed by atoms with Gasteiger partial charge in [0.05, 0.1) is 0 Å². The second-order valence-corrected chi connectivity index (χ2v) is 8.00. The van der Waals surface area contributed by atoms with Crippen LogP contribution in [0.25, 0.3) is 41.7 Å². The van der Waals surface area contributed by atoms with Crippen LogP contribution in [-0.2, 0) is 0 Å². The quantitative estimate of drug-likeness (QED) is 0.394. The normalized spacial score (nSPS) is 12.5. The number of halogens is 2. The summed E-state index contributed by atoms with van der Waals surface area (Å²) in [6.07, 6.45) is 0. The van der Waals surface area contributed by atoms with Crippen molar-refractivity contribution in [2.24, 2.45) is 0 Å². The van der Waals surface area contributed by atoms with E-state index in [-0.39, 0.29) is 10.9 Å². The van der Waals surface area contributed by atoms with Gasteiger partial charge in [-0.15, -0.1) is 22.7 Å². The van der Waals surface area contributed by atoms with Crippen molar-refractivity contribution in [1.82, 2.24) is 0 Å². The fraction of sp³-hybridized carbons (Fsp3) is 0.111. The van der Waals surface area contributed by atoms with E-state index in [2.05, 4.69) is 0 Å². The third kappa shape index (κ3) is 1.44. The predicted molar refractivity (Wildman–Crippen MR) is 96.5 cm³/mol. The Bertz CT molecular complexity index is 1320. The average molecular weight is 358 g/mol. The van der Waals surface area contributed by atoms with E-state index in [9.17, 15) is 18.4 Å². The lowest BCUT2D eigenvalue weighted by atomic mass is 9.99. The molecular weight excluding hydrogens is 350 g/mol. The van der Waals surface area contributed by atoms with Gasteiger partial charge in [-0.1, -0.05) is 0 Å². The van der Waals surface area contributed by atoms with Crippen molar-refractivity contribution in [3.05, 3.63) is 54.0 Å². The van der Waals surface area contributed by atoms with E-state index in [1.54, 1.807) is 13.8 Å². The molecule has 118 valence electrons. The molecule has 0 fully saturated rings. The summed E-state index contributed by atoms with van der Waals surface area (Å²) in [4.78, 5) is 25.5. The Balaban J connectivity index is 2.22. The van der Waals surface area contributed by atoms with Crippen molar-refractivity contribution < 1.29 is 8.78 Å². The molecule has 2 nitrogen and oxygen atoms in total. The van der Waals surface area contributed by atoms with E-state index >= 15 is 0 Å². The zero-order chi connectivity index (χ0) is 16.9. The van der Waals surface area contributed by atoms with E-state index in [4.69, 9.17) is 0 Å². The van der Waals surface area contributed by atoms with Gasteiger partial charge in [0.25, 0.3) is 0 Å². The van der Waals surface area contributed by atoms with E-state index in [1.807, 2.05) is 0 Å². The molecule has 0 amide bonds. The number of rotatable bonds is 0. The van der Waals surface area contributed by atoms with Gasteiger partial charge in [-0.25, -0.2) is 0 Å². The number of benzene rings is 1. The first-order valence-electron chi connectivity index (χ1n) is 7.26. The van der Waals surface area contributed by atoms with Crippen LogP contribution in [-0.4, -0.2) is 0 Å². The summed E-state index contributed by atoms with van der Waals surface area (Å²) in [7, 11) is 0. The minimum absolute atomic E-state index is 0.221. The molecule has 2 heterocycles. The lowest BCUT2D eigenvalue weighted by Gasteiger charge is -2.05. The maximum atomic E-state index is 13.6. The van der Waals surface area contributed by atoms with Gasteiger partial charge in [0.1, 0.15) is 0 Å². The van der Waals surface area contributed by atoms with Crippen LogP contribution in [0, 0.1) is 24.1 Å². The molecule has 0 saturated carbocycles. The first kappa shape index (κ1) is 14.2. The molecule has 0 radical (unpaired) electrons. The van der Waals surface area contributed by atoms with Crippen molar-refractivity contribution in [1.29, 1.82) is 0 Å². The number of aryl methyl sites for hydroxylation is 2. The highest BCUT2D eigenvalue weighted by Gasteiger charge is 2.25. The molecule has 0 unspecified atom stereocenters. The summed E-state index contributed by atoms with van der Waals surface area (Å²) in [6, 6.07) is 2.51. The molecular formula is C18H8F2O2S2. The van der Waals surface area contributed by atoms with E-state index in [0.29, 0.717) is 52.8 Å². The van der Waals surface area contributed by atoms with E-state index in [0.717, 1.165) is 22.7 Å². The number of fused-ring (bicyclic) bond motifs is 6. The first-order chi connectivity index (χ1) is 11.4. The Labute approximate surface area is 141 Å². The van der Waals surface area contributed by atoms with Crippen molar-refractivity contribution in [3.8, 4) is 0 Å². The van der Waals surface area contributed by atoms with Gasteiger partial charge in [-0.2, -0.15) is 8.78 Å². The maximum absolute atomic E-state index is 13.6. The molecule has 3 aromatic carbocycles. The molecule has 0 aliphatic rings. The molecule has 0 spiro atoms. The molecule has 0 bridgehead atoms. The van der Waals surface area contributed by atoms with Crippen LogP contribution in [0.1, 0.15) is 11.1 Å². The highest BCUT2D eigenvalue weighted by Crippen LogP contribution is 2.42. The monoisotopic (exact) mass is 358 g/mol. The van der Waals surface area contributed by atoms with Gasteiger partial charge < -0.3 is 0 Å². The van der Waals surface area contributed by atoms with Gasteiger partial charge in [0.15, 0.2) is 21.1 Å². The molecule has 2 aromatic heterocycles. The molecule has 0 N–H and O–H groups in total. The van der Waals surface area contributed by atoms with Crippen LogP contribution in [0.2, 0.25) is 0 Å². The van der Waals surface area contributed by atoms with Crippen molar-refractivity contribution in [2.45, 2.75) is 13.8 Å². The highest BCUT2D eigenvalue weighted by molar-refractivity contribution is 7.19. The fourth-order valence-electron chi connectivity index (χ4n) is 3.84. The molecule has 5 rings (SSSR count). The van der Waals surface area contributed by atoms with Crippen LogP contribution >= 0.6 is 22.7 Å². The average Bonchev–Trinajstić information content (AvgIpc) is 3.20. The van der Waals surface area contributed by atoms with Gasteiger partial charge in [-0.05, 0) is 37.1 Å². The third-order valence-corrected chi connectivity index (χ3v) is 6.68. The topological polar surface area (TPSA) is 34.1 Å². The van der Waals surface area contributed by atoms with Gasteiger partial charge >= 0.3 is 0 Å². The Morgan fingerprint density at radius 2 is 1.08 bits per heavy atom. The summed E-state index contributed by atoms with van der Waals surface area (Å²) in [5.41, 5.74) is 0.907. The van der Waals surface area contributed by atoms with Crippen molar-refractivity contribution in [3.63, 3.8) is 0 Å². The van der Waals surface area contributed by atoms with Crippen molar-refractivity contribution >= 4 is 64.4 Å². The Morgan fingerprint density at radius 3 is 1.46 bits per heavy atom. The smallest absolute Gasteiger partial charge is 0.195 e. The van der Waals surface area contributed by atoms with Crippen LogP contribution in [0.5, 0.6) is 0 Å². The Kier molecular flexibility index (Phi) is 2.52. The van der Waals surface area contributed by atoms with Crippen LogP contribution in [0.4, 0.5) is 8.78 Å². The maximum Gasteiger partial charge on any atom is 0.195 e. The lowest BCUT2D eigenvalue weighted by Crippen LogP contribution is -2.00. The van der Waals surface area contributed by atoms with Crippen LogP contribution < -0.4 is 10.9 Å². The molecule has 6 heteroatoms. The summed E-state index contributed by atoms with van der Waals surface area (Å²) >= 11 is 1.85. The summed E-state index contributed by atoms with van der Waals surface area (Å²) < 4.78 is 28.4. The van der Waals surface area contributed by atoms with Crippen LogP contribution in [0.3, 0.4) is 0 Å². The standard InChI is InChI=1S/C18H8F2O2S2/c1-5-11-14(18-7(15(11)21)3-10(20)24-18)6(2)12-13(5)17-8(16(12)22)4-9(19)23-17/h3-4H,1-2H3. The minimum atomic E-state index is -0.413. The Morgan fingerprint density at radius 1 is 0.708 bits per heavy atom. The van der Waals surface area contributed by atoms with Crippen LogP contribution in [0.15, 0.2) is 21.7 Å². The second kappa shape index (κ2) is 4.26. The molecule has 0 aliphatic carbocycles. The number of hydrogen-bond donors (Lipinski definition) is 0. The first-order valence-corrected chi connectivity index (χ1v) is 8.89. The predicted octanol–water partition coefficient (Wildman–Crippen LogP) is 4.91. The zero-order valence-electron chi connectivity index (χ0n) is 12.5. The number of hydrogen-bond acceptors (Lipinski definition) is 4. The van der Waals surface area contributed by atoms with Gasteiger partial charge in [0.2, 0.25) is 0 Å². The van der Waals surface area contributed by atoms with E-state index in [1.165, 1.54) is 12.1 Å². The number of thiophene rings is 2. The Hall–Kier alpha value is -2.18. The second-order valence-electron chi connectivity index (χ2n) is 5.99. The molecule has 0 aliphatic heterocycles. The summed E-state index contributed by atoms with van der Waals surface area (Å²) in [6.45, 7) is 3.56. The fourth-order valence-corrected chi connectivity index (χ4v) is 5.82. The highest BCUT2D eigenvalue weighted by atomic mass is 32.1. The molecule has 24 heavy (non-hydrogen) atoms. The third-order valence-electron chi connectivity index (χ3n) is 4.80. The lowest BCUT2D eigenvalue weighted by molar-refractivity contribution is 0.658. The van der Waals surface area contributed by atoms with Crippen molar-refractivity contribution in [2.75, 3.05) is 0 Å². The molecule has 5 aromatic rings. The minimum Gasteiger partial charge on any atom is -0.289 e. The van der Waals surface area contributed by atoms with E-state index < -0.39 is 10.3 Å².